The molecule has 0 aliphatic carbocycles. The highest BCUT2D eigenvalue weighted by Gasteiger charge is 2.27. The molecule has 0 bridgehead atoms. The molecule has 1 atom stereocenters. The summed E-state index contributed by atoms with van der Waals surface area (Å²) in [7, 11) is 0. The molecule has 1 aliphatic rings. The summed E-state index contributed by atoms with van der Waals surface area (Å²) < 4.78 is 19.6. The number of nitrogens with one attached hydrogen (secondary N) is 1. The third-order valence-corrected chi connectivity index (χ3v) is 6.08. The van der Waals surface area contributed by atoms with Gasteiger partial charge in [0.05, 0.1) is 17.9 Å². The average molecular weight is 472 g/mol. The van der Waals surface area contributed by atoms with E-state index in [-0.39, 0.29) is 17.8 Å². The van der Waals surface area contributed by atoms with E-state index in [1.807, 2.05) is 42.5 Å². The van der Waals surface area contributed by atoms with Gasteiger partial charge in [-0.25, -0.2) is 4.39 Å². The molecule has 1 fully saturated rings. The van der Waals surface area contributed by atoms with Gasteiger partial charge in [-0.05, 0) is 64.5 Å². The van der Waals surface area contributed by atoms with Gasteiger partial charge in [0, 0.05) is 42.9 Å². The number of hydrogen-bond donors (Lipinski definition) is 1. The lowest BCUT2D eigenvalue weighted by atomic mass is 10.1. The van der Waals surface area contributed by atoms with Crippen LogP contribution in [0.1, 0.15) is 22.2 Å². The Labute approximate surface area is 183 Å². The molecule has 1 amide bonds. The topological polar surface area (TPSA) is 48.7 Å². The molecule has 1 saturated heterocycles. The van der Waals surface area contributed by atoms with Crippen molar-refractivity contribution in [2.24, 2.45) is 0 Å². The van der Waals surface area contributed by atoms with Crippen LogP contribution in [0.15, 0.2) is 75.8 Å². The van der Waals surface area contributed by atoms with Crippen molar-refractivity contribution >= 4 is 27.5 Å². The lowest BCUT2D eigenvalue weighted by molar-refractivity contribution is 0.0922. The van der Waals surface area contributed by atoms with E-state index >= 15 is 0 Å². The third-order valence-electron chi connectivity index (χ3n) is 5.39. The largest absolute Gasteiger partial charge is 0.468 e. The summed E-state index contributed by atoms with van der Waals surface area (Å²) in [4.78, 5) is 17.2. The summed E-state index contributed by atoms with van der Waals surface area (Å²) in [5, 5.41) is 3.05. The zero-order valence-corrected chi connectivity index (χ0v) is 18.0. The van der Waals surface area contributed by atoms with Crippen molar-refractivity contribution in [1.29, 1.82) is 0 Å². The van der Waals surface area contributed by atoms with E-state index in [1.54, 1.807) is 12.3 Å². The second-order valence-corrected chi connectivity index (χ2v) is 8.07. The number of halogens is 2. The lowest BCUT2D eigenvalue weighted by Gasteiger charge is -2.39. The number of carbonyl (C=O) groups excluding carboxylic acids is 1. The fourth-order valence-corrected chi connectivity index (χ4v) is 4.23. The van der Waals surface area contributed by atoms with Gasteiger partial charge in [-0.3, -0.25) is 9.69 Å². The molecule has 1 aromatic heterocycles. The molecule has 4 rings (SSSR count). The number of piperazine rings is 1. The maximum Gasteiger partial charge on any atom is 0.252 e. The number of benzene rings is 2. The number of rotatable bonds is 6. The van der Waals surface area contributed by atoms with E-state index in [4.69, 9.17) is 4.42 Å². The highest BCUT2D eigenvalue weighted by molar-refractivity contribution is 9.10. The van der Waals surface area contributed by atoms with Crippen LogP contribution in [-0.2, 0) is 0 Å². The van der Waals surface area contributed by atoms with Crippen LogP contribution in [0.2, 0.25) is 0 Å². The Morgan fingerprint density at radius 3 is 2.43 bits per heavy atom. The van der Waals surface area contributed by atoms with E-state index in [0.29, 0.717) is 12.1 Å². The van der Waals surface area contributed by atoms with Crippen molar-refractivity contribution in [3.8, 4) is 0 Å². The lowest BCUT2D eigenvalue weighted by Crippen LogP contribution is -2.49. The highest BCUT2D eigenvalue weighted by Crippen LogP contribution is 2.25. The monoisotopic (exact) mass is 471 g/mol. The van der Waals surface area contributed by atoms with E-state index in [9.17, 15) is 9.18 Å². The summed E-state index contributed by atoms with van der Waals surface area (Å²) in [6, 6.07) is 17.7. The summed E-state index contributed by atoms with van der Waals surface area (Å²) >= 11 is 3.43. The van der Waals surface area contributed by atoms with Crippen molar-refractivity contribution < 1.29 is 13.6 Å². The van der Waals surface area contributed by atoms with Crippen molar-refractivity contribution in [1.82, 2.24) is 10.2 Å². The van der Waals surface area contributed by atoms with E-state index in [1.165, 1.54) is 12.1 Å². The summed E-state index contributed by atoms with van der Waals surface area (Å²) in [5.74, 6) is 0.484. The predicted octanol–water partition coefficient (Wildman–Crippen LogP) is 4.47. The molecule has 156 valence electrons. The second-order valence-electron chi connectivity index (χ2n) is 7.22. The molecular weight excluding hydrogens is 449 g/mol. The van der Waals surface area contributed by atoms with Gasteiger partial charge in [-0.2, -0.15) is 0 Å². The molecule has 1 aliphatic heterocycles. The molecule has 3 aromatic rings. The van der Waals surface area contributed by atoms with Gasteiger partial charge in [-0.15, -0.1) is 0 Å². The molecule has 0 saturated carbocycles. The number of carbonyl (C=O) groups is 1. The molecule has 5 nitrogen and oxygen atoms in total. The van der Waals surface area contributed by atoms with Crippen LogP contribution in [-0.4, -0.2) is 43.5 Å². The third kappa shape index (κ3) is 4.74. The number of furan rings is 1. The molecule has 0 spiro atoms. The Morgan fingerprint density at radius 2 is 1.77 bits per heavy atom. The van der Waals surface area contributed by atoms with E-state index in [0.717, 1.165) is 42.1 Å². The first-order chi connectivity index (χ1) is 14.6. The van der Waals surface area contributed by atoms with Gasteiger partial charge >= 0.3 is 0 Å². The fraction of sp³-hybridized carbons (Fsp3) is 0.261. The van der Waals surface area contributed by atoms with Crippen LogP contribution in [0.25, 0.3) is 0 Å². The quantitative estimate of drug-likeness (QED) is 0.575. The van der Waals surface area contributed by atoms with Crippen LogP contribution in [0.4, 0.5) is 10.1 Å². The normalized spacial score (nSPS) is 15.7. The summed E-state index contributed by atoms with van der Waals surface area (Å²) in [5.41, 5.74) is 1.63. The molecule has 1 N–H and O–H groups in total. The Bertz CT molecular complexity index is 970. The van der Waals surface area contributed by atoms with Crippen LogP contribution >= 0.6 is 15.9 Å². The van der Waals surface area contributed by atoms with Crippen LogP contribution in [0.5, 0.6) is 0 Å². The fourth-order valence-electron chi connectivity index (χ4n) is 3.76. The second kappa shape index (κ2) is 9.45. The van der Waals surface area contributed by atoms with E-state index in [2.05, 4.69) is 31.0 Å². The van der Waals surface area contributed by atoms with Gasteiger partial charge in [0.2, 0.25) is 0 Å². The van der Waals surface area contributed by atoms with E-state index < -0.39 is 0 Å². The Hall–Kier alpha value is -2.64. The van der Waals surface area contributed by atoms with Crippen molar-refractivity contribution in [2.45, 2.75) is 6.04 Å². The zero-order chi connectivity index (χ0) is 20.9. The number of anilines is 1. The number of amides is 1. The maximum absolute atomic E-state index is 13.2. The van der Waals surface area contributed by atoms with Gasteiger partial charge < -0.3 is 14.6 Å². The van der Waals surface area contributed by atoms with Crippen LogP contribution in [0, 0.1) is 5.82 Å². The summed E-state index contributed by atoms with van der Waals surface area (Å²) in [6.45, 7) is 3.72. The number of nitrogens with zero attached hydrogens (tertiary/aromatic N) is 2. The molecule has 2 heterocycles. The smallest absolute Gasteiger partial charge is 0.252 e. The van der Waals surface area contributed by atoms with Gasteiger partial charge in [0.15, 0.2) is 0 Å². The minimum Gasteiger partial charge on any atom is -0.468 e. The van der Waals surface area contributed by atoms with Gasteiger partial charge in [0.25, 0.3) is 5.91 Å². The van der Waals surface area contributed by atoms with Crippen molar-refractivity contribution in [3.63, 3.8) is 0 Å². The molecule has 7 heteroatoms. The van der Waals surface area contributed by atoms with Crippen molar-refractivity contribution in [3.05, 3.63) is 88.5 Å². The first-order valence-electron chi connectivity index (χ1n) is 9.92. The van der Waals surface area contributed by atoms with Gasteiger partial charge in [0.1, 0.15) is 11.6 Å². The molecule has 0 radical (unpaired) electrons. The minimum absolute atomic E-state index is 0.0539. The molecular formula is C23H23BrFN3O2. The maximum atomic E-state index is 13.2. The van der Waals surface area contributed by atoms with Crippen LogP contribution in [0.3, 0.4) is 0 Å². The SMILES string of the molecule is O=C(NCC(c1ccco1)N1CCN(c2ccc(F)cc2)CC1)c1ccccc1Br. The summed E-state index contributed by atoms with van der Waals surface area (Å²) in [6.07, 6.45) is 1.66. The van der Waals surface area contributed by atoms with Crippen LogP contribution < -0.4 is 10.2 Å². The molecule has 2 aromatic carbocycles. The Balaban J connectivity index is 1.41. The van der Waals surface area contributed by atoms with Gasteiger partial charge in [-0.1, -0.05) is 12.1 Å². The highest BCUT2D eigenvalue weighted by atomic mass is 79.9. The number of hydrogen-bond acceptors (Lipinski definition) is 4. The average Bonchev–Trinajstić information content (AvgIpc) is 3.30. The first kappa shape index (κ1) is 20.6. The Kier molecular flexibility index (Phi) is 6.50. The first-order valence-corrected chi connectivity index (χ1v) is 10.7. The standard InChI is InChI=1S/C23H23BrFN3O2/c24-20-5-2-1-4-19(20)23(29)26-16-21(22-6-3-15-30-22)28-13-11-27(12-14-28)18-9-7-17(25)8-10-18/h1-10,15,21H,11-14,16H2,(H,26,29). The minimum atomic E-state index is -0.226. The zero-order valence-electron chi connectivity index (χ0n) is 16.4. The molecule has 30 heavy (non-hydrogen) atoms. The Morgan fingerprint density at radius 1 is 1.03 bits per heavy atom. The molecule has 1 unspecified atom stereocenters. The predicted molar refractivity (Wildman–Crippen MR) is 118 cm³/mol. The van der Waals surface area contributed by atoms with Crippen molar-refractivity contribution in [2.75, 3.05) is 37.6 Å².